The summed E-state index contributed by atoms with van der Waals surface area (Å²) in [5, 5.41) is 25.7. The lowest BCUT2D eigenvalue weighted by molar-refractivity contribution is 0.194. The lowest BCUT2D eigenvalue weighted by Gasteiger charge is -2.35. The normalized spacial score (nSPS) is 16.1. The third-order valence-electron chi connectivity index (χ3n) is 4.13. The summed E-state index contributed by atoms with van der Waals surface area (Å²) in [6.07, 6.45) is 1.67. The molecule has 0 radical (unpaired) electrons. The second-order valence-corrected chi connectivity index (χ2v) is 6.47. The number of piperazine rings is 1. The van der Waals surface area contributed by atoms with Crippen LogP contribution < -0.4 is 5.32 Å². The quantitative estimate of drug-likeness (QED) is 0.746. The fourth-order valence-corrected chi connectivity index (χ4v) is 3.84. The Morgan fingerprint density at radius 3 is 2.62 bits per heavy atom. The molecule has 1 saturated heterocycles. The summed E-state index contributed by atoms with van der Waals surface area (Å²) in [6.45, 7) is 5.36. The molecule has 0 aromatic carbocycles. The number of aryl methyl sites for hydroxylation is 1. The minimum absolute atomic E-state index is 0. The number of aliphatic hydroxyl groups excluding tert-OH is 1. The van der Waals surface area contributed by atoms with Crippen molar-refractivity contribution in [3.63, 3.8) is 0 Å². The van der Waals surface area contributed by atoms with Crippen molar-refractivity contribution in [3.8, 4) is 5.75 Å². The van der Waals surface area contributed by atoms with E-state index < -0.39 is 0 Å². The Morgan fingerprint density at radius 2 is 2.04 bits per heavy atom. The van der Waals surface area contributed by atoms with Crippen molar-refractivity contribution in [3.05, 3.63) is 45.4 Å². The highest BCUT2D eigenvalue weighted by Crippen LogP contribution is 2.39. The van der Waals surface area contributed by atoms with E-state index in [2.05, 4.69) is 21.3 Å². The van der Waals surface area contributed by atoms with Gasteiger partial charge in [0.2, 0.25) is 0 Å². The predicted octanol–water partition coefficient (Wildman–Crippen LogP) is 2.49. The third-order valence-corrected chi connectivity index (χ3v) is 5.06. The van der Waals surface area contributed by atoms with Crippen molar-refractivity contribution in [2.24, 2.45) is 0 Å². The summed E-state index contributed by atoms with van der Waals surface area (Å²) in [5.41, 5.74) is 2.09. The number of aliphatic hydroxyl groups is 1. The molecule has 0 aliphatic carbocycles. The zero-order chi connectivity index (χ0) is 15.5. The van der Waals surface area contributed by atoms with E-state index in [0.29, 0.717) is 11.3 Å². The summed E-state index contributed by atoms with van der Waals surface area (Å²) in [5.74, 6) is 0.198. The number of thiophene rings is 1. The van der Waals surface area contributed by atoms with Crippen molar-refractivity contribution in [2.75, 3.05) is 26.2 Å². The molecule has 0 unspecified atom stereocenters. The Labute approximate surface area is 158 Å². The summed E-state index contributed by atoms with van der Waals surface area (Å²) in [7, 11) is 0. The van der Waals surface area contributed by atoms with Gasteiger partial charge in [-0.3, -0.25) is 9.88 Å². The number of rotatable bonds is 4. The first-order chi connectivity index (χ1) is 10.7. The smallest absolute Gasteiger partial charge is 0.142 e. The molecule has 0 amide bonds. The van der Waals surface area contributed by atoms with Crippen LogP contribution in [0.25, 0.3) is 0 Å². The van der Waals surface area contributed by atoms with E-state index in [1.54, 1.807) is 24.5 Å². The summed E-state index contributed by atoms with van der Waals surface area (Å²) < 4.78 is 0. The molecule has 1 fully saturated rings. The van der Waals surface area contributed by atoms with Gasteiger partial charge in [0.25, 0.3) is 0 Å². The summed E-state index contributed by atoms with van der Waals surface area (Å²) in [6, 6.07) is 4.08. The van der Waals surface area contributed by atoms with Crippen molar-refractivity contribution in [1.29, 1.82) is 0 Å². The highest BCUT2D eigenvalue weighted by molar-refractivity contribution is 7.10. The van der Waals surface area contributed by atoms with Gasteiger partial charge in [-0.05, 0) is 18.4 Å². The number of pyridine rings is 1. The van der Waals surface area contributed by atoms with Crippen molar-refractivity contribution >= 4 is 36.2 Å². The van der Waals surface area contributed by atoms with Gasteiger partial charge in [-0.2, -0.15) is 0 Å². The van der Waals surface area contributed by atoms with Crippen molar-refractivity contribution in [1.82, 2.24) is 15.2 Å². The zero-order valence-electron chi connectivity index (χ0n) is 13.4. The van der Waals surface area contributed by atoms with Crippen LogP contribution in [0.1, 0.15) is 27.7 Å². The number of aromatic hydroxyl groups is 1. The molecule has 2 aromatic rings. The van der Waals surface area contributed by atoms with Gasteiger partial charge >= 0.3 is 0 Å². The maximum atomic E-state index is 10.6. The van der Waals surface area contributed by atoms with Crippen LogP contribution in [0.5, 0.6) is 5.75 Å². The molecule has 3 N–H and O–H groups in total. The van der Waals surface area contributed by atoms with Crippen LogP contribution in [0.3, 0.4) is 0 Å². The minimum atomic E-state index is -0.121. The molecule has 2 aromatic heterocycles. The molecule has 134 valence electrons. The van der Waals surface area contributed by atoms with Crippen LogP contribution in [0.15, 0.2) is 23.7 Å². The van der Waals surface area contributed by atoms with Gasteiger partial charge in [-0.15, -0.1) is 36.2 Å². The minimum Gasteiger partial charge on any atom is -0.506 e. The predicted molar refractivity (Wildman–Crippen MR) is 102 cm³/mol. The molecule has 1 atom stereocenters. The van der Waals surface area contributed by atoms with E-state index >= 15 is 0 Å². The maximum absolute atomic E-state index is 10.6. The van der Waals surface area contributed by atoms with E-state index in [1.165, 1.54) is 4.88 Å². The lowest BCUT2D eigenvalue weighted by Crippen LogP contribution is -2.45. The Kier molecular flexibility index (Phi) is 8.42. The molecule has 0 spiro atoms. The molecule has 3 rings (SSSR count). The second kappa shape index (κ2) is 9.56. The van der Waals surface area contributed by atoms with E-state index in [4.69, 9.17) is 0 Å². The standard InChI is InChI=1S/C16H21N3O2S.2ClH/c1-11-16(21)14(12(10-20)9-18-11)15(13-3-2-8-22-13)19-6-4-17-5-7-19;;/h2-3,8-9,15,17,20-21H,4-7,10H2,1H3;2*1H/t15-;;/m0../s1. The summed E-state index contributed by atoms with van der Waals surface area (Å²) >= 11 is 1.68. The number of hydrogen-bond acceptors (Lipinski definition) is 6. The number of hydrogen-bond donors (Lipinski definition) is 3. The largest absolute Gasteiger partial charge is 0.506 e. The molecule has 3 heterocycles. The van der Waals surface area contributed by atoms with E-state index in [1.807, 2.05) is 11.4 Å². The van der Waals surface area contributed by atoms with E-state index in [-0.39, 0.29) is 43.2 Å². The number of aromatic nitrogens is 1. The lowest BCUT2D eigenvalue weighted by atomic mass is 9.97. The van der Waals surface area contributed by atoms with Gasteiger partial charge in [-0.25, -0.2) is 0 Å². The Bertz CT molecular complexity index is 635. The van der Waals surface area contributed by atoms with Crippen molar-refractivity contribution in [2.45, 2.75) is 19.6 Å². The average molecular weight is 392 g/mol. The van der Waals surface area contributed by atoms with Gasteiger partial charge in [-0.1, -0.05) is 6.07 Å². The monoisotopic (exact) mass is 391 g/mol. The molecule has 5 nitrogen and oxygen atoms in total. The topological polar surface area (TPSA) is 68.6 Å². The highest BCUT2D eigenvalue weighted by atomic mass is 35.5. The molecule has 1 aliphatic heterocycles. The Hall–Kier alpha value is -0.890. The first kappa shape index (κ1) is 21.2. The van der Waals surface area contributed by atoms with E-state index in [9.17, 15) is 10.2 Å². The molecule has 8 heteroatoms. The van der Waals surface area contributed by atoms with E-state index in [0.717, 1.165) is 31.7 Å². The molecule has 0 bridgehead atoms. The van der Waals surface area contributed by atoms with Crippen LogP contribution in [0.2, 0.25) is 0 Å². The van der Waals surface area contributed by atoms with Gasteiger partial charge < -0.3 is 15.5 Å². The Morgan fingerprint density at radius 1 is 1.33 bits per heavy atom. The SMILES string of the molecule is Cc1ncc(CO)c([C@H](c2cccs2)N2CCNCC2)c1O.Cl.Cl. The van der Waals surface area contributed by atoms with Crippen LogP contribution in [0.4, 0.5) is 0 Å². The van der Waals surface area contributed by atoms with Crippen LogP contribution in [0, 0.1) is 6.92 Å². The average Bonchev–Trinajstić information content (AvgIpc) is 3.07. The number of halogens is 2. The fraction of sp³-hybridized carbons (Fsp3) is 0.438. The van der Waals surface area contributed by atoms with Gasteiger partial charge in [0.1, 0.15) is 5.75 Å². The molecule has 24 heavy (non-hydrogen) atoms. The first-order valence-electron chi connectivity index (χ1n) is 7.48. The number of nitrogens with one attached hydrogen (secondary N) is 1. The highest BCUT2D eigenvalue weighted by Gasteiger charge is 2.29. The van der Waals surface area contributed by atoms with Gasteiger partial charge in [0.15, 0.2) is 0 Å². The van der Waals surface area contributed by atoms with Gasteiger partial charge in [0.05, 0.1) is 18.3 Å². The van der Waals surface area contributed by atoms with Gasteiger partial charge in [0, 0.05) is 48.4 Å². The first-order valence-corrected chi connectivity index (χ1v) is 8.36. The maximum Gasteiger partial charge on any atom is 0.142 e. The molecular formula is C16H23Cl2N3O2S. The van der Waals surface area contributed by atoms with Crippen LogP contribution >= 0.6 is 36.2 Å². The van der Waals surface area contributed by atoms with Crippen LogP contribution in [-0.2, 0) is 6.61 Å². The Balaban J connectivity index is 0.00000144. The molecule has 0 saturated carbocycles. The molecular weight excluding hydrogens is 369 g/mol. The second-order valence-electron chi connectivity index (χ2n) is 5.49. The van der Waals surface area contributed by atoms with Crippen molar-refractivity contribution < 1.29 is 10.2 Å². The number of nitrogens with zero attached hydrogens (tertiary/aromatic N) is 2. The fourth-order valence-electron chi connectivity index (χ4n) is 2.98. The van der Waals surface area contributed by atoms with Crippen LogP contribution in [-0.4, -0.2) is 46.3 Å². The third kappa shape index (κ3) is 4.20. The summed E-state index contributed by atoms with van der Waals surface area (Å²) in [4.78, 5) is 7.72. The molecule has 1 aliphatic rings. The zero-order valence-corrected chi connectivity index (χ0v) is 15.9.